The summed E-state index contributed by atoms with van der Waals surface area (Å²) in [5, 5.41) is 3.26. The molecule has 6 heteroatoms. The van der Waals surface area contributed by atoms with Crippen LogP contribution in [0.25, 0.3) is 0 Å². The Balaban J connectivity index is 2.08. The third-order valence-corrected chi connectivity index (χ3v) is 7.07. The molecular formula is C14H29N3O2S. The summed E-state index contributed by atoms with van der Waals surface area (Å²) in [5.74, 6) is 0.420. The van der Waals surface area contributed by atoms with Gasteiger partial charge in [0.2, 0.25) is 0 Å². The lowest BCUT2D eigenvalue weighted by Crippen LogP contribution is -2.53. The molecule has 2 heterocycles. The molecule has 2 rings (SSSR count). The van der Waals surface area contributed by atoms with Gasteiger partial charge in [0.05, 0.1) is 0 Å². The van der Waals surface area contributed by atoms with Gasteiger partial charge in [-0.3, -0.25) is 0 Å². The summed E-state index contributed by atoms with van der Waals surface area (Å²) < 4.78 is 29.1. The highest BCUT2D eigenvalue weighted by Gasteiger charge is 2.37. The Kier molecular flexibility index (Phi) is 5.45. The van der Waals surface area contributed by atoms with Crippen LogP contribution in [0.15, 0.2) is 0 Å². The molecule has 2 aliphatic heterocycles. The average Bonchev–Trinajstić information content (AvgIpc) is 2.47. The number of piperidine rings is 2. The molecule has 0 spiro atoms. The minimum absolute atomic E-state index is 0.149. The molecular weight excluding hydrogens is 274 g/mol. The predicted molar refractivity (Wildman–Crippen MR) is 81.8 cm³/mol. The highest BCUT2D eigenvalue weighted by Crippen LogP contribution is 2.27. The first kappa shape index (κ1) is 16.2. The maximum Gasteiger partial charge on any atom is 0.282 e. The van der Waals surface area contributed by atoms with Crippen molar-refractivity contribution in [2.75, 3.05) is 26.7 Å². The van der Waals surface area contributed by atoms with Gasteiger partial charge in [0, 0.05) is 31.7 Å². The van der Waals surface area contributed by atoms with Crippen molar-refractivity contribution in [1.29, 1.82) is 0 Å². The molecule has 0 bridgehead atoms. The second-order valence-electron chi connectivity index (χ2n) is 6.30. The minimum atomic E-state index is -3.27. The van der Waals surface area contributed by atoms with Crippen LogP contribution < -0.4 is 5.32 Å². The van der Waals surface area contributed by atoms with E-state index in [1.165, 1.54) is 0 Å². The van der Waals surface area contributed by atoms with Crippen molar-refractivity contribution in [2.45, 2.75) is 58.0 Å². The standard InChI is InChI=1S/C14H29N3O2S/c1-12-7-4-5-10-17(12)20(18,19)16-9-6-8-14(11-16)13(2)15-3/h12-15H,4-11H2,1-3H3. The molecule has 0 saturated carbocycles. The van der Waals surface area contributed by atoms with Crippen molar-refractivity contribution >= 4 is 10.2 Å². The third kappa shape index (κ3) is 3.35. The molecule has 20 heavy (non-hydrogen) atoms. The van der Waals surface area contributed by atoms with Crippen molar-refractivity contribution in [3.8, 4) is 0 Å². The first-order valence-electron chi connectivity index (χ1n) is 7.91. The predicted octanol–water partition coefficient (Wildman–Crippen LogP) is 1.43. The Labute approximate surface area is 123 Å². The zero-order valence-electron chi connectivity index (χ0n) is 13.0. The van der Waals surface area contributed by atoms with E-state index in [1.54, 1.807) is 8.61 Å². The topological polar surface area (TPSA) is 52.7 Å². The van der Waals surface area contributed by atoms with Gasteiger partial charge in [0.15, 0.2) is 0 Å². The summed E-state index contributed by atoms with van der Waals surface area (Å²) in [4.78, 5) is 0. The van der Waals surface area contributed by atoms with Crippen molar-refractivity contribution < 1.29 is 8.42 Å². The maximum absolute atomic E-state index is 12.8. The summed E-state index contributed by atoms with van der Waals surface area (Å²) in [6, 6.07) is 0.516. The van der Waals surface area contributed by atoms with Crippen molar-refractivity contribution in [2.24, 2.45) is 5.92 Å². The fraction of sp³-hybridized carbons (Fsp3) is 1.00. The monoisotopic (exact) mass is 303 g/mol. The van der Waals surface area contributed by atoms with Crippen LogP contribution in [0.1, 0.15) is 46.0 Å². The largest absolute Gasteiger partial charge is 0.317 e. The van der Waals surface area contributed by atoms with E-state index in [1.807, 2.05) is 14.0 Å². The highest BCUT2D eigenvalue weighted by molar-refractivity contribution is 7.86. The number of nitrogens with zero attached hydrogens (tertiary/aromatic N) is 2. The van der Waals surface area contributed by atoms with E-state index in [0.717, 1.165) is 32.1 Å². The lowest BCUT2D eigenvalue weighted by Gasteiger charge is -2.40. The van der Waals surface area contributed by atoms with Gasteiger partial charge in [-0.15, -0.1) is 0 Å². The molecule has 3 unspecified atom stereocenters. The lowest BCUT2D eigenvalue weighted by molar-refractivity contribution is 0.197. The molecule has 5 nitrogen and oxygen atoms in total. The van der Waals surface area contributed by atoms with Gasteiger partial charge < -0.3 is 5.32 Å². The Morgan fingerprint density at radius 3 is 2.55 bits per heavy atom. The number of rotatable bonds is 4. The van der Waals surface area contributed by atoms with Crippen LogP contribution in [0, 0.1) is 5.92 Å². The molecule has 0 radical (unpaired) electrons. The second kappa shape index (κ2) is 6.73. The van der Waals surface area contributed by atoms with E-state index in [2.05, 4.69) is 12.2 Å². The Bertz CT molecular complexity index is 413. The normalized spacial score (nSPS) is 32.1. The fourth-order valence-corrected chi connectivity index (χ4v) is 5.35. The fourth-order valence-electron chi connectivity index (χ4n) is 3.39. The van der Waals surface area contributed by atoms with E-state index < -0.39 is 10.2 Å². The van der Waals surface area contributed by atoms with Crippen LogP contribution in [-0.2, 0) is 10.2 Å². The van der Waals surface area contributed by atoms with E-state index in [4.69, 9.17) is 0 Å². The molecule has 2 fully saturated rings. The summed E-state index contributed by atoms with van der Waals surface area (Å²) in [6.07, 6.45) is 5.21. The van der Waals surface area contributed by atoms with Crippen LogP contribution >= 0.6 is 0 Å². The van der Waals surface area contributed by atoms with Crippen LogP contribution in [0.5, 0.6) is 0 Å². The maximum atomic E-state index is 12.8. The smallest absolute Gasteiger partial charge is 0.282 e. The number of nitrogens with one attached hydrogen (secondary N) is 1. The molecule has 0 aromatic rings. The molecule has 0 aromatic heterocycles. The third-order valence-electron chi connectivity index (χ3n) is 4.95. The Hall–Kier alpha value is -0.170. The molecule has 0 aromatic carbocycles. The quantitative estimate of drug-likeness (QED) is 0.855. The zero-order valence-corrected chi connectivity index (χ0v) is 13.8. The van der Waals surface area contributed by atoms with Gasteiger partial charge >= 0.3 is 0 Å². The molecule has 1 N–H and O–H groups in total. The summed E-state index contributed by atoms with van der Waals surface area (Å²) >= 11 is 0. The van der Waals surface area contributed by atoms with E-state index in [0.29, 0.717) is 31.6 Å². The Morgan fingerprint density at radius 2 is 1.90 bits per heavy atom. The SMILES string of the molecule is CNC(C)C1CCCN(S(=O)(=O)N2CCCCC2C)C1. The highest BCUT2D eigenvalue weighted by atomic mass is 32.2. The van der Waals surface area contributed by atoms with E-state index in [9.17, 15) is 8.42 Å². The van der Waals surface area contributed by atoms with Gasteiger partial charge in [-0.25, -0.2) is 0 Å². The van der Waals surface area contributed by atoms with Crippen molar-refractivity contribution in [3.63, 3.8) is 0 Å². The van der Waals surface area contributed by atoms with Crippen LogP contribution in [0.2, 0.25) is 0 Å². The molecule has 0 aliphatic carbocycles. The summed E-state index contributed by atoms with van der Waals surface area (Å²) in [7, 11) is -1.32. The van der Waals surface area contributed by atoms with Gasteiger partial charge in [-0.2, -0.15) is 17.0 Å². The first-order chi connectivity index (χ1) is 9.46. The molecule has 3 atom stereocenters. The Morgan fingerprint density at radius 1 is 1.15 bits per heavy atom. The molecule has 2 aliphatic rings. The second-order valence-corrected chi connectivity index (χ2v) is 8.18. The zero-order chi connectivity index (χ0) is 14.8. The lowest BCUT2D eigenvalue weighted by atomic mass is 9.93. The van der Waals surface area contributed by atoms with E-state index >= 15 is 0 Å². The van der Waals surface area contributed by atoms with Gasteiger partial charge in [0.1, 0.15) is 0 Å². The molecule has 2 saturated heterocycles. The van der Waals surface area contributed by atoms with Crippen molar-refractivity contribution in [1.82, 2.24) is 13.9 Å². The van der Waals surface area contributed by atoms with Crippen LogP contribution in [0.3, 0.4) is 0 Å². The number of hydrogen-bond donors (Lipinski definition) is 1. The first-order valence-corrected chi connectivity index (χ1v) is 9.30. The molecule has 118 valence electrons. The summed E-state index contributed by atoms with van der Waals surface area (Å²) in [6.45, 7) is 6.21. The number of hydrogen-bond acceptors (Lipinski definition) is 3. The van der Waals surface area contributed by atoms with Gasteiger partial charge in [0.25, 0.3) is 10.2 Å². The van der Waals surface area contributed by atoms with Gasteiger partial charge in [-0.1, -0.05) is 6.42 Å². The minimum Gasteiger partial charge on any atom is -0.317 e. The van der Waals surface area contributed by atoms with Gasteiger partial charge in [-0.05, 0) is 52.5 Å². The average molecular weight is 303 g/mol. The van der Waals surface area contributed by atoms with Crippen LogP contribution in [0.4, 0.5) is 0 Å². The van der Waals surface area contributed by atoms with Crippen LogP contribution in [-0.4, -0.2) is 55.8 Å². The van der Waals surface area contributed by atoms with E-state index in [-0.39, 0.29) is 6.04 Å². The van der Waals surface area contributed by atoms with Crippen molar-refractivity contribution in [3.05, 3.63) is 0 Å². The summed E-state index contributed by atoms with van der Waals surface area (Å²) in [5.41, 5.74) is 0. The molecule has 0 amide bonds.